The van der Waals surface area contributed by atoms with Crippen LogP contribution in [0.5, 0.6) is 0 Å². The maximum atomic E-state index is 13.4. The molecule has 34 heavy (non-hydrogen) atoms. The molecule has 1 rings (SSSR count). The molecule has 0 saturated carbocycles. The first-order chi connectivity index (χ1) is 16.0. The van der Waals surface area contributed by atoms with Gasteiger partial charge in [0.05, 0.1) is 26.4 Å². The predicted molar refractivity (Wildman–Crippen MR) is 114 cm³/mol. The van der Waals surface area contributed by atoms with Crippen molar-refractivity contribution >= 4 is 27.2 Å². The van der Waals surface area contributed by atoms with E-state index >= 15 is 0 Å². The van der Waals surface area contributed by atoms with Gasteiger partial charge in [-0.05, 0) is 33.0 Å². The van der Waals surface area contributed by atoms with Crippen molar-refractivity contribution in [2.75, 3.05) is 26.4 Å². The van der Waals surface area contributed by atoms with Crippen LogP contribution in [0, 0.1) is 33.3 Å². The van der Waals surface area contributed by atoms with Crippen LogP contribution in [0.2, 0.25) is 0 Å². The van der Waals surface area contributed by atoms with Crippen molar-refractivity contribution in [3.05, 3.63) is 63.6 Å². The Morgan fingerprint density at radius 3 is 1.06 bits per heavy atom. The molecule has 11 nitrogen and oxygen atoms in total. The van der Waals surface area contributed by atoms with Gasteiger partial charge in [0.15, 0.2) is 7.30 Å². The van der Waals surface area contributed by atoms with Crippen LogP contribution in [-0.2, 0) is 71.6 Å². The zero-order chi connectivity index (χ0) is 27.3. The van der Waals surface area contributed by atoms with Gasteiger partial charge in [0, 0.05) is 21.1 Å². The summed E-state index contributed by atoms with van der Waals surface area (Å²) >= 11 is 0. The van der Waals surface area contributed by atoms with E-state index in [0.717, 1.165) is 0 Å². The number of benzene rings is 1. The Balaban J connectivity index is -0.000000157. The van der Waals surface area contributed by atoms with E-state index in [2.05, 4.69) is 33.3 Å². The molecule has 0 bridgehead atoms. The molecule has 0 aliphatic rings. The summed E-state index contributed by atoms with van der Waals surface area (Å²) in [6, 6.07) is 8.90. The molecule has 0 aliphatic carbocycles. The van der Waals surface area contributed by atoms with Gasteiger partial charge in [-0.2, -0.15) is 0 Å². The first-order valence-corrected chi connectivity index (χ1v) is 14.5. The topological polar surface area (TPSA) is 171 Å². The van der Waals surface area contributed by atoms with Crippen LogP contribution >= 0.6 is 21.9 Å². The molecule has 0 radical (unpaired) electrons. The minimum absolute atomic E-state index is 0. The minimum atomic E-state index is -3.68. The Morgan fingerprint density at radius 1 is 0.618 bits per heavy atom. The van der Waals surface area contributed by atoms with Crippen LogP contribution in [-0.4, -0.2) is 26.4 Å². The Labute approximate surface area is 216 Å². The van der Waals surface area contributed by atoms with Crippen LogP contribution in [0.1, 0.15) is 27.7 Å². The summed E-state index contributed by atoms with van der Waals surface area (Å²) in [7, 11) is -9.31. The van der Waals surface area contributed by atoms with Crippen LogP contribution in [0.25, 0.3) is 0 Å². The molecule has 0 atom stereocenters. The van der Waals surface area contributed by atoms with Crippen molar-refractivity contribution in [1.82, 2.24) is 0 Å². The maximum absolute atomic E-state index is 13.4. The van der Waals surface area contributed by atoms with E-state index in [4.69, 9.17) is 41.4 Å². The summed E-state index contributed by atoms with van der Waals surface area (Å²) in [4.78, 5) is 0. The molecule has 0 fully saturated rings. The molecule has 0 aliphatic heterocycles. The third-order valence-corrected chi connectivity index (χ3v) is 16.1. The van der Waals surface area contributed by atoms with Gasteiger partial charge in [0.1, 0.15) is 0 Å². The molecule has 0 spiro atoms. The average molecular weight is 706 g/mol. The molecule has 0 aromatic heterocycles. The monoisotopic (exact) mass is 706 g/mol. The van der Waals surface area contributed by atoms with Crippen LogP contribution in [0.15, 0.2) is 30.3 Å². The van der Waals surface area contributed by atoms with E-state index in [1.807, 2.05) is 6.07 Å². The maximum Gasteiger partial charge on any atom is 0 e. The second-order valence-corrected chi connectivity index (χ2v) is 14.5. The molecule has 0 amide bonds. The van der Waals surface area contributed by atoms with Gasteiger partial charge < -0.3 is 18.1 Å². The molecule has 0 N–H and O–H groups in total. The fourth-order valence-corrected chi connectivity index (χ4v) is 15.4. The van der Waals surface area contributed by atoms with Crippen LogP contribution < -0.4 is 5.30 Å². The van der Waals surface area contributed by atoms with Gasteiger partial charge >= 0.3 is 71.1 Å². The third-order valence-electron chi connectivity index (χ3n) is 2.62. The summed E-state index contributed by atoms with van der Waals surface area (Å²) in [6.07, 6.45) is 0. The summed E-state index contributed by atoms with van der Waals surface area (Å²) < 4.78 is 86.0. The molecular weight excluding hydrogens is 681 g/mol. The largest absolute Gasteiger partial charge is 0 e. The van der Waals surface area contributed by atoms with Gasteiger partial charge in [0.2, 0.25) is 0 Å². The van der Waals surface area contributed by atoms with Crippen molar-refractivity contribution in [1.29, 1.82) is 0 Å². The third kappa shape index (κ3) is 18.6. The number of hydrogen-bond donors (Lipinski definition) is 0. The normalized spacial score (nSPS) is 8.91. The summed E-state index contributed by atoms with van der Waals surface area (Å²) in [5, 5.41) is 0.609. The molecule has 0 heterocycles. The smallest absolute Gasteiger partial charge is 0 e. The zero-order valence-corrected chi connectivity index (χ0v) is 24.6. The number of hydrogen-bond acceptors (Lipinski definition) is 6. The Bertz CT molecular complexity index is 679. The average Bonchev–Trinajstić information content (AvgIpc) is 2.86. The molecule has 15 heteroatoms. The van der Waals surface area contributed by atoms with Gasteiger partial charge in [-0.15, -0.1) is 0 Å². The minimum Gasteiger partial charge on any atom is 0 e. The summed E-state index contributed by atoms with van der Waals surface area (Å²) in [6.45, 7) is 30.1. The van der Waals surface area contributed by atoms with Crippen molar-refractivity contribution in [3.8, 4) is 0 Å². The fraction of sp³-hybridized carbons (Fsp3) is 0.421. The van der Waals surface area contributed by atoms with Crippen molar-refractivity contribution in [3.63, 3.8) is 0 Å². The molecule has 0 unspecified atom stereocenters. The molecule has 0 saturated heterocycles. The second-order valence-electron chi connectivity index (χ2n) is 4.23. The van der Waals surface area contributed by atoms with E-state index in [1.165, 1.54) is 0 Å². The van der Waals surface area contributed by atoms with Crippen LogP contribution in [0.4, 0.5) is 0 Å². The van der Waals surface area contributed by atoms with E-state index in [1.54, 1.807) is 52.0 Å². The fourth-order valence-electron chi connectivity index (χ4n) is 1.92. The SMILES string of the molecule is CCOP(=O)(OCC)P(c1ccccc1)P(=O)(OCC)OCC.[C-]#[O+].[C-]#[O+].[C-]#[O+].[C-]#[O+].[C-]#[O+].[W]. The van der Waals surface area contributed by atoms with Crippen molar-refractivity contribution in [2.24, 2.45) is 0 Å². The molecular formula is C19H25O11P3W. The van der Waals surface area contributed by atoms with E-state index in [9.17, 15) is 9.13 Å². The Kier molecular flexibility index (Phi) is 47.3. The van der Waals surface area contributed by atoms with Gasteiger partial charge in [-0.3, -0.25) is 9.13 Å². The zero-order valence-electron chi connectivity index (χ0n) is 19.0. The van der Waals surface area contributed by atoms with Gasteiger partial charge in [-0.1, -0.05) is 30.3 Å². The van der Waals surface area contributed by atoms with Gasteiger partial charge in [0.25, 0.3) is 0 Å². The quantitative estimate of drug-likeness (QED) is 0.179. The first kappa shape index (κ1) is 46.6. The summed E-state index contributed by atoms with van der Waals surface area (Å²) in [5.41, 5.74) is 0. The second kappa shape index (κ2) is 34.5. The van der Waals surface area contributed by atoms with E-state index in [-0.39, 0.29) is 47.5 Å². The van der Waals surface area contributed by atoms with E-state index in [0.29, 0.717) is 5.30 Å². The van der Waals surface area contributed by atoms with Crippen molar-refractivity contribution in [2.45, 2.75) is 27.7 Å². The first-order valence-electron chi connectivity index (χ1n) is 8.63. The predicted octanol–water partition coefficient (Wildman–Crippen LogP) is 4.97. The van der Waals surface area contributed by atoms with Crippen molar-refractivity contribution < 1.29 is 71.6 Å². The molecule has 188 valence electrons. The Morgan fingerprint density at radius 2 is 0.853 bits per heavy atom. The summed E-state index contributed by atoms with van der Waals surface area (Å²) in [5.74, 6) is 0. The Hall–Kier alpha value is -0.662. The molecule has 1 aromatic rings. The number of rotatable bonds is 11. The van der Waals surface area contributed by atoms with Gasteiger partial charge in [-0.25, -0.2) is 0 Å². The van der Waals surface area contributed by atoms with E-state index < -0.39 is 21.9 Å². The van der Waals surface area contributed by atoms with Crippen LogP contribution in [0.3, 0.4) is 0 Å². The molecule has 1 aromatic carbocycles. The standard InChI is InChI=1S/C14H25O6P3.5CO.W/c1-5-17-22(15,18-6-2)21(14-12-10-9-11-13-14)23(16,19-7-3)20-8-4;5*1-2;/h9-13H,5-8H2,1-4H3;;;;;;.